The van der Waals surface area contributed by atoms with Crippen LogP contribution in [-0.4, -0.2) is 66.3 Å². The maximum absolute atomic E-state index is 14.7. The number of likely N-dealkylation sites (tertiary alicyclic amines) is 1. The first-order valence-corrected chi connectivity index (χ1v) is 15.0. The minimum Gasteiger partial charge on any atom is -0.338 e. The lowest BCUT2D eigenvalue weighted by molar-refractivity contribution is -0.136. The normalized spacial score (nSPS) is 22.8. The predicted octanol–water partition coefficient (Wildman–Crippen LogP) is 5.19. The number of thiophene rings is 1. The van der Waals surface area contributed by atoms with E-state index < -0.39 is 23.9 Å². The Morgan fingerprint density at radius 1 is 1.00 bits per heavy atom. The van der Waals surface area contributed by atoms with Crippen molar-refractivity contribution in [2.24, 2.45) is 5.92 Å². The van der Waals surface area contributed by atoms with Gasteiger partial charge in [-0.3, -0.25) is 9.59 Å². The van der Waals surface area contributed by atoms with Gasteiger partial charge in [0.05, 0.1) is 12.0 Å². The van der Waals surface area contributed by atoms with Gasteiger partial charge in [0.25, 0.3) is 0 Å². The van der Waals surface area contributed by atoms with Crippen LogP contribution in [0.25, 0.3) is 0 Å². The molecule has 40 heavy (non-hydrogen) atoms. The minimum absolute atomic E-state index is 0.0687. The van der Waals surface area contributed by atoms with E-state index in [2.05, 4.69) is 10.6 Å². The lowest BCUT2D eigenvalue weighted by Gasteiger charge is -2.36. The monoisotopic (exact) mass is 578 g/mol. The SMILES string of the molecule is CCNC(=O)N1C(C(=O)N2CCNCC2)C(c2sccc2C)C(C(=O)c2ccccc2C)C1c1ccc(Cl)cc1. The van der Waals surface area contributed by atoms with Crippen LogP contribution in [0, 0.1) is 19.8 Å². The maximum Gasteiger partial charge on any atom is 0.318 e. The summed E-state index contributed by atoms with van der Waals surface area (Å²) >= 11 is 7.82. The maximum atomic E-state index is 14.7. The number of urea groups is 1. The van der Waals surface area contributed by atoms with Crippen LogP contribution in [-0.2, 0) is 4.79 Å². The molecule has 2 aliphatic heterocycles. The first-order valence-electron chi connectivity index (χ1n) is 13.8. The number of amides is 3. The number of piperazine rings is 1. The molecule has 7 nitrogen and oxygen atoms in total. The molecule has 0 spiro atoms. The molecule has 0 radical (unpaired) electrons. The molecule has 2 aromatic carbocycles. The fourth-order valence-corrected chi connectivity index (χ4v) is 7.38. The van der Waals surface area contributed by atoms with Gasteiger partial charge in [-0.15, -0.1) is 11.3 Å². The summed E-state index contributed by atoms with van der Waals surface area (Å²) in [5.41, 5.74) is 3.27. The Morgan fingerprint density at radius 2 is 1.70 bits per heavy atom. The van der Waals surface area contributed by atoms with E-state index in [1.807, 2.05) is 73.5 Å². The number of halogens is 1. The van der Waals surface area contributed by atoms with E-state index in [9.17, 15) is 14.4 Å². The second-order valence-corrected chi connectivity index (χ2v) is 11.8. The highest BCUT2D eigenvalue weighted by Gasteiger charge is 2.58. The van der Waals surface area contributed by atoms with E-state index in [0.29, 0.717) is 43.3 Å². The van der Waals surface area contributed by atoms with Crippen LogP contribution >= 0.6 is 22.9 Å². The Balaban J connectivity index is 1.76. The lowest BCUT2D eigenvalue weighted by atomic mass is 9.77. The van der Waals surface area contributed by atoms with Crippen LogP contribution in [0.2, 0.25) is 5.02 Å². The van der Waals surface area contributed by atoms with E-state index in [1.165, 1.54) is 0 Å². The molecule has 5 rings (SSSR count). The van der Waals surface area contributed by atoms with Crippen LogP contribution in [0.3, 0.4) is 0 Å². The standard InChI is InChI=1S/C31H35ClN4O3S/c1-4-34-31(39)36-26(21-9-11-22(32)12-10-21)24(28(37)23-8-6-5-7-19(23)2)25(29-20(3)13-18-40-29)27(36)30(38)35-16-14-33-15-17-35/h5-13,18,24-27,33H,4,14-17H2,1-3H3,(H,34,39). The van der Waals surface area contributed by atoms with Crippen LogP contribution in [0.5, 0.6) is 0 Å². The van der Waals surface area contributed by atoms with Gasteiger partial charge in [0, 0.05) is 54.1 Å². The van der Waals surface area contributed by atoms with Crippen molar-refractivity contribution in [1.29, 1.82) is 0 Å². The van der Waals surface area contributed by atoms with Gasteiger partial charge >= 0.3 is 6.03 Å². The van der Waals surface area contributed by atoms with Crippen molar-refractivity contribution in [3.05, 3.63) is 92.1 Å². The zero-order chi connectivity index (χ0) is 28.4. The molecule has 3 aromatic rings. The highest BCUT2D eigenvalue weighted by atomic mass is 35.5. The molecule has 2 N–H and O–H groups in total. The second kappa shape index (κ2) is 12.1. The van der Waals surface area contributed by atoms with Crippen LogP contribution in [0.15, 0.2) is 60.0 Å². The molecule has 210 valence electrons. The van der Waals surface area contributed by atoms with Crippen molar-refractivity contribution in [3.63, 3.8) is 0 Å². The minimum atomic E-state index is -0.847. The number of hydrogen-bond acceptors (Lipinski definition) is 5. The molecule has 4 atom stereocenters. The number of nitrogens with one attached hydrogen (secondary N) is 2. The average molecular weight is 579 g/mol. The molecule has 0 bridgehead atoms. The van der Waals surface area contributed by atoms with Crippen molar-refractivity contribution in [3.8, 4) is 0 Å². The van der Waals surface area contributed by atoms with Gasteiger partial charge in [0.1, 0.15) is 6.04 Å². The molecular weight excluding hydrogens is 544 g/mol. The summed E-state index contributed by atoms with van der Waals surface area (Å²) in [6.45, 7) is 8.68. The Kier molecular flexibility index (Phi) is 8.59. The Labute approximate surface area is 244 Å². The summed E-state index contributed by atoms with van der Waals surface area (Å²) in [6, 6.07) is 15.0. The molecule has 9 heteroatoms. The van der Waals surface area contributed by atoms with E-state index >= 15 is 0 Å². The zero-order valence-corrected chi connectivity index (χ0v) is 24.6. The number of ketones is 1. The Bertz CT molecular complexity index is 1390. The van der Waals surface area contributed by atoms with Gasteiger partial charge in [-0.2, -0.15) is 0 Å². The topological polar surface area (TPSA) is 81.8 Å². The van der Waals surface area contributed by atoms with Crippen LogP contribution < -0.4 is 10.6 Å². The van der Waals surface area contributed by atoms with E-state index in [-0.39, 0.29) is 17.7 Å². The van der Waals surface area contributed by atoms with Gasteiger partial charge in [0.2, 0.25) is 5.91 Å². The number of rotatable bonds is 6. The van der Waals surface area contributed by atoms with Gasteiger partial charge in [-0.25, -0.2) is 4.79 Å². The molecule has 4 unspecified atom stereocenters. The summed E-state index contributed by atoms with van der Waals surface area (Å²) in [6.07, 6.45) is 0. The van der Waals surface area contributed by atoms with Crippen molar-refractivity contribution in [2.75, 3.05) is 32.7 Å². The average Bonchev–Trinajstić information content (AvgIpc) is 3.54. The molecular formula is C31H35ClN4O3S. The third kappa shape index (κ3) is 5.28. The van der Waals surface area contributed by atoms with E-state index in [1.54, 1.807) is 28.4 Å². The fourth-order valence-electron chi connectivity index (χ4n) is 6.15. The lowest BCUT2D eigenvalue weighted by Crippen LogP contribution is -2.56. The van der Waals surface area contributed by atoms with Crippen molar-refractivity contribution in [2.45, 2.75) is 38.8 Å². The summed E-state index contributed by atoms with van der Waals surface area (Å²) in [4.78, 5) is 47.6. The molecule has 1 aromatic heterocycles. The second-order valence-electron chi connectivity index (χ2n) is 10.5. The van der Waals surface area contributed by atoms with Crippen molar-refractivity contribution in [1.82, 2.24) is 20.4 Å². The number of Topliss-reactive ketones (excluding diaryl/α,β-unsaturated/α-hetero) is 1. The smallest absolute Gasteiger partial charge is 0.318 e. The summed E-state index contributed by atoms with van der Waals surface area (Å²) in [5.74, 6) is -1.39. The van der Waals surface area contributed by atoms with Crippen molar-refractivity contribution < 1.29 is 14.4 Å². The quantitative estimate of drug-likeness (QED) is 0.395. The molecule has 3 amide bonds. The number of carbonyl (C=O) groups is 3. The first kappa shape index (κ1) is 28.3. The van der Waals surface area contributed by atoms with Crippen molar-refractivity contribution >= 4 is 40.7 Å². The highest BCUT2D eigenvalue weighted by molar-refractivity contribution is 7.10. The molecule has 2 saturated heterocycles. The third-order valence-corrected chi connectivity index (χ3v) is 9.41. The summed E-state index contributed by atoms with van der Waals surface area (Å²) < 4.78 is 0. The Hall–Kier alpha value is -3.20. The van der Waals surface area contributed by atoms with Gasteiger partial charge < -0.3 is 20.4 Å². The number of nitrogens with zero attached hydrogens (tertiary/aromatic N) is 2. The first-order chi connectivity index (χ1) is 19.3. The number of hydrogen-bond donors (Lipinski definition) is 2. The largest absolute Gasteiger partial charge is 0.338 e. The van der Waals surface area contributed by atoms with Gasteiger partial charge in [-0.05, 0) is 61.0 Å². The highest BCUT2D eigenvalue weighted by Crippen LogP contribution is 2.53. The molecule has 2 fully saturated rings. The fraction of sp³-hybridized carbons (Fsp3) is 0.387. The number of benzene rings is 2. The zero-order valence-electron chi connectivity index (χ0n) is 23.0. The van der Waals surface area contributed by atoms with Crippen LogP contribution in [0.1, 0.15) is 50.8 Å². The molecule has 0 saturated carbocycles. The number of carbonyl (C=O) groups excluding carboxylic acids is 3. The summed E-state index contributed by atoms with van der Waals surface area (Å²) in [5, 5.41) is 8.81. The van der Waals surface area contributed by atoms with E-state index in [4.69, 9.17) is 11.6 Å². The van der Waals surface area contributed by atoms with Gasteiger partial charge in [0.15, 0.2) is 5.78 Å². The third-order valence-electron chi connectivity index (χ3n) is 8.04. The van der Waals surface area contributed by atoms with E-state index in [0.717, 1.165) is 21.6 Å². The predicted molar refractivity (Wildman–Crippen MR) is 159 cm³/mol. The molecule has 3 heterocycles. The van der Waals surface area contributed by atoms with Gasteiger partial charge in [-0.1, -0.05) is 48.0 Å². The number of aryl methyl sites for hydroxylation is 2. The van der Waals surface area contributed by atoms with Crippen LogP contribution in [0.4, 0.5) is 4.79 Å². The molecule has 2 aliphatic rings. The Morgan fingerprint density at radius 3 is 2.33 bits per heavy atom. The summed E-state index contributed by atoms with van der Waals surface area (Å²) in [7, 11) is 0. The molecule has 0 aliphatic carbocycles.